The lowest BCUT2D eigenvalue weighted by atomic mass is 10.1. The van der Waals surface area contributed by atoms with Crippen LogP contribution in [0.25, 0.3) is 0 Å². The molecule has 1 N–H and O–H groups in total. The highest BCUT2D eigenvalue weighted by Gasteiger charge is 2.19. The summed E-state index contributed by atoms with van der Waals surface area (Å²) in [7, 11) is 0. The minimum absolute atomic E-state index is 0.310. The number of anilines is 1. The van der Waals surface area contributed by atoms with E-state index in [-0.39, 0.29) is 5.91 Å². The Kier molecular flexibility index (Phi) is 8.23. The number of aryl methyl sites for hydroxylation is 2. The minimum Gasteiger partial charge on any atom is -0.490 e. The maximum Gasteiger partial charge on any atom is 0.257 e. The number of aromatic nitrogens is 2. The first kappa shape index (κ1) is 22.6. The molecule has 0 saturated carbocycles. The molecule has 0 aliphatic heterocycles. The highest BCUT2D eigenvalue weighted by atomic mass is 32.1. The lowest BCUT2D eigenvalue weighted by Gasteiger charge is -2.16. The van der Waals surface area contributed by atoms with E-state index in [1.165, 1.54) is 16.9 Å². The Morgan fingerprint density at radius 3 is 2.16 bits per heavy atom. The molecule has 0 bridgehead atoms. The average Bonchev–Trinajstić information content (AvgIpc) is 3.22. The zero-order valence-electron chi connectivity index (χ0n) is 18.0. The van der Waals surface area contributed by atoms with Crippen molar-refractivity contribution < 1.29 is 19.0 Å². The zero-order valence-corrected chi connectivity index (χ0v) is 18.8. The number of nitrogens with zero attached hydrogens (tertiary/aromatic N) is 2. The van der Waals surface area contributed by atoms with Gasteiger partial charge in [0.15, 0.2) is 11.5 Å². The summed E-state index contributed by atoms with van der Waals surface area (Å²) in [6, 6.07) is 13.5. The number of benzene rings is 2. The van der Waals surface area contributed by atoms with Gasteiger partial charge in [0, 0.05) is 12.0 Å². The molecule has 0 aliphatic carbocycles. The number of amides is 1. The van der Waals surface area contributed by atoms with Crippen molar-refractivity contribution in [3.05, 3.63) is 58.6 Å². The Bertz CT molecular complexity index is 964. The summed E-state index contributed by atoms with van der Waals surface area (Å²) in [5.74, 6) is 1.14. The van der Waals surface area contributed by atoms with Gasteiger partial charge in [-0.1, -0.05) is 41.7 Å². The molecule has 0 radical (unpaired) electrons. The zero-order chi connectivity index (χ0) is 22.1. The second-order valence-corrected chi connectivity index (χ2v) is 7.60. The lowest BCUT2D eigenvalue weighted by Crippen LogP contribution is -2.13. The van der Waals surface area contributed by atoms with Crippen LogP contribution in [0.4, 0.5) is 5.13 Å². The van der Waals surface area contributed by atoms with Crippen LogP contribution in [0.15, 0.2) is 42.5 Å². The third kappa shape index (κ3) is 6.18. The molecular weight excluding hydrogens is 414 g/mol. The van der Waals surface area contributed by atoms with E-state index in [9.17, 15) is 4.79 Å². The highest BCUT2D eigenvalue weighted by Crippen LogP contribution is 2.39. The van der Waals surface area contributed by atoms with Gasteiger partial charge in [0.25, 0.3) is 5.91 Å². The molecule has 0 saturated heterocycles. The highest BCUT2D eigenvalue weighted by molar-refractivity contribution is 7.15. The molecule has 8 heteroatoms. The summed E-state index contributed by atoms with van der Waals surface area (Å²) in [6.07, 6.45) is 1.64. The van der Waals surface area contributed by atoms with Crippen molar-refractivity contribution in [3.63, 3.8) is 0 Å². The third-order valence-corrected chi connectivity index (χ3v) is 5.23. The molecule has 0 fully saturated rings. The van der Waals surface area contributed by atoms with Gasteiger partial charge < -0.3 is 14.2 Å². The Hall–Kier alpha value is -3.13. The number of carbonyl (C=O) groups is 1. The Morgan fingerprint density at radius 2 is 1.55 bits per heavy atom. The van der Waals surface area contributed by atoms with Crippen molar-refractivity contribution >= 4 is 22.4 Å². The van der Waals surface area contributed by atoms with Gasteiger partial charge in [-0.3, -0.25) is 10.1 Å². The van der Waals surface area contributed by atoms with E-state index in [4.69, 9.17) is 14.2 Å². The first-order valence-electron chi connectivity index (χ1n) is 10.4. The minimum atomic E-state index is -0.310. The van der Waals surface area contributed by atoms with Crippen molar-refractivity contribution in [1.82, 2.24) is 10.2 Å². The summed E-state index contributed by atoms with van der Waals surface area (Å²) in [4.78, 5) is 12.9. The van der Waals surface area contributed by atoms with Crippen LogP contribution >= 0.6 is 11.3 Å². The molecule has 31 heavy (non-hydrogen) atoms. The number of ether oxygens (including phenoxy) is 3. The van der Waals surface area contributed by atoms with Crippen LogP contribution in [-0.2, 0) is 12.8 Å². The lowest BCUT2D eigenvalue weighted by molar-refractivity contribution is 0.102. The molecule has 7 nitrogen and oxygen atoms in total. The number of hydrogen-bond acceptors (Lipinski definition) is 7. The molecule has 0 spiro atoms. The van der Waals surface area contributed by atoms with Crippen LogP contribution in [0.3, 0.4) is 0 Å². The van der Waals surface area contributed by atoms with Gasteiger partial charge in [-0.15, -0.1) is 10.2 Å². The Balaban J connectivity index is 1.73. The smallest absolute Gasteiger partial charge is 0.257 e. The summed E-state index contributed by atoms with van der Waals surface area (Å²) in [6.45, 7) is 6.98. The first-order valence-corrected chi connectivity index (χ1v) is 11.2. The molecule has 1 heterocycles. The molecule has 1 aromatic heterocycles. The molecule has 3 rings (SSSR count). The van der Waals surface area contributed by atoms with E-state index in [0.29, 0.717) is 47.8 Å². The fraction of sp³-hybridized carbons (Fsp3) is 0.348. The molecule has 2 aromatic carbocycles. The van der Waals surface area contributed by atoms with Crippen molar-refractivity contribution in [1.29, 1.82) is 0 Å². The molecule has 0 atom stereocenters. The van der Waals surface area contributed by atoms with Crippen LogP contribution < -0.4 is 19.5 Å². The van der Waals surface area contributed by atoms with E-state index < -0.39 is 0 Å². The third-order valence-electron chi connectivity index (χ3n) is 4.33. The number of carbonyl (C=O) groups excluding carboxylic acids is 1. The van der Waals surface area contributed by atoms with E-state index >= 15 is 0 Å². The molecular formula is C23H27N3O4S. The Labute approximate surface area is 186 Å². The monoisotopic (exact) mass is 441 g/mol. The van der Waals surface area contributed by atoms with Gasteiger partial charge in [-0.05, 0) is 44.9 Å². The maximum absolute atomic E-state index is 12.9. The van der Waals surface area contributed by atoms with Crippen LogP contribution in [0.5, 0.6) is 17.2 Å². The topological polar surface area (TPSA) is 82.6 Å². The predicted molar refractivity (Wildman–Crippen MR) is 122 cm³/mol. The number of rotatable bonds is 11. The van der Waals surface area contributed by atoms with E-state index in [0.717, 1.165) is 17.8 Å². The molecule has 0 unspecified atom stereocenters. The molecule has 1 amide bonds. The quantitative estimate of drug-likeness (QED) is 0.461. The van der Waals surface area contributed by atoms with Gasteiger partial charge in [-0.2, -0.15) is 0 Å². The largest absolute Gasteiger partial charge is 0.490 e. The van der Waals surface area contributed by atoms with Crippen LogP contribution in [0.2, 0.25) is 0 Å². The predicted octanol–water partition coefficient (Wildman–Crippen LogP) is 4.77. The molecule has 3 aromatic rings. The summed E-state index contributed by atoms with van der Waals surface area (Å²) < 4.78 is 17.1. The van der Waals surface area contributed by atoms with E-state index in [2.05, 4.69) is 27.6 Å². The summed E-state index contributed by atoms with van der Waals surface area (Å²) in [5.41, 5.74) is 1.64. The average molecular weight is 442 g/mol. The van der Waals surface area contributed by atoms with Gasteiger partial charge >= 0.3 is 0 Å². The van der Waals surface area contributed by atoms with Crippen LogP contribution in [0.1, 0.15) is 41.7 Å². The first-order chi connectivity index (χ1) is 15.1. The van der Waals surface area contributed by atoms with Gasteiger partial charge in [0.05, 0.1) is 19.8 Å². The second kappa shape index (κ2) is 11.3. The second-order valence-electron chi connectivity index (χ2n) is 6.54. The standard InChI is InChI=1S/C23H27N3O4S/c1-4-28-18-14-17(15-19(29-5-2)21(18)30-6-3)22(27)24-23-26-25-20(31-23)13-12-16-10-8-7-9-11-16/h7-11,14-15H,4-6,12-13H2,1-3H3,(H,24,26,27). The van der Waals surface area contributed by atoms with Crippen molar-refractivity contribution in [2.75, 3.05) is 25.1 Å². The number of nitrogens with one attached hydrogen (secondary N) is 1. The van der Waals surface area contributed by atoms with Gasteiger partial charge in [0.1, 0.15) is 5.01 Å². The fourth-order valence-electron chi connectivity index (χ4n) is 2.99. The SMILES string of the molecule is CCOc1cc(C(=O)Nc2nnc(CCc3ccccc3)s2)cc(OCC)c1OCC. The molecule has 0 aliphatic rings. The van der Waals surface area contributed by atoms with Crippen LogP contribution in [0, 0.1) is 0 Å². The van der Waals surface area contributed by atoms with Crippen LogP contribution in [-0.4, -0.2) is 35.9 Å². The fourth-order valence-corrected chi connectivity index (χ4v) is 3.72. The maximum atomic E-state index is 12.9. The van der Waals surface area contributed by atoms with Gasteiger partial charge in [0.2, 0.25) is 10.9 Å². The van der Waals surface area contributed by atoms with Gasteiger partial charge in [-0.25, -0.2) is 0 Å². The number of hydrogen-bond donors (Lipinski definition) is 1. The van der Waals surface area contributed by atoms with Crippen molar-refractivity contribution in [3.8, 4) is 17.2 Å². The van der Waals surface area contributed by atoms with Crippen molar-refractivity contribution in [2.45, 2.75) is 33.6 Å². The molecule has 164 valence electrons. The summed E-state index contributed by atoms with van der Waals surface area (Å²) >= 11 is 1.37. The van der Waals surface area contributed by atoms with E-state index in [1.54, 1.807) is 12.1 Å². The normalized spacial score (nSPS) is 10.5. The van der Waals surface area contributed by atoms with E-state index in [1.807, 2.05) is 39.0 Å². The summed E-state index contributed by atoms with van der Waals surface area (Å²) in [5, 5.41) is 12.5. The Morgan fingerprint density at radius 1 is 0.903 bits per heavy atom. The van der Waals surface area contributed by atoms with Crippen molar-refractivity contribution in [2.24, 2.45) is 0 Å².